The third-order valence-electron chi connectivity index (χ3n) is 2.17. The monoisotopic (exact) mass is 222 g/mol. The number of carbonyl (C=O) groups is 1. The van der Waals surface area contributed by atoms with Crippen LogP contribution in [0.5, 0.6) is 5.75 Å². The first-order valence-electron chi connectivity index (χ1n) is 5.56. The number of carboxylic acids is 1. The first-order valence-corrected chi connectivity index (χ1v) is 5.56. The summed E-state index contributed by atoms with van der Waals surface area (Å²) >= 11 is 0. The Kier molecular flexibility index (Phi) is 4.83. The van der Waals surface area contributed by atoms with Crippen molar-refractivity contribution in [3.63, 3.8) is 0 Å². The average molecular weight is 222 g/mol. The predicted octanol–water partition coefficient (Wildman–Crippen LogP) is 2.88. The zero-order chi connectivity index (χ0) is 12.0. The fourth-order valence-electron chi connectivity index (χ4n) is 1.51. The van der Waals surface area contributed by atoms with Crippen LogP contribution >= 0.6 is 0 Å². The summed E-state index contributed by atoms with van der Waals surface area (Å²) in [6.07, 6.45) is 1.74. The number of rotatable bonds is 6. The van der Waals surface area contributed by atoms with Gasteiger partial charge in [-0.2, -0.15) is 0 Å². The third kappa shape index (κ3) is 4.34. The zero-order valence-corrected chi connectivity index (χ0v) is 9.77. The number of carboxylic acid groups (broad SMARTS) is 1. The van der Waals surface area contributed by atoms with Crippen molar-refractivity contribution in [2.24, 2.45) is 0 Å². The number of ether oxygens (including phenoxy) is 1. The minimum atomic E-state index is -0.748. The maximum Gasteiger partial charge on any atom is 0.303 e. The van der Waals surface area contributed by atoms with Gasteiger partial charge in [-0.1, -0.05) is 18.2 Å². The highest BCUT2D eigenvalue weighted by Gasteiger charge is 2.05. The zero-order valence-electron chi connectivity index (χ0n) is 9.77. The molecule has 1 aromatic carbocycles. The highest BCUT2D eigenvalue weighted by molar-refractivity contribution is 5.66. The smallest absolute Gasteiger partial charge is 0.303 e. The van der Waals surface area contributed by atoms with E-state index in [0.717, 1.165) is 17.7 Å². The normalized spacial score (nSPS) is 10.4. The second-order valence-corrected chi connectivity index (χ2v) is 4.02. The Morgan fingerprint density at radius 1 is 1.38 bits per heavy atom. The van der Waals surface area contributed by atoms with Gasteiger partial charge in [0.2, 0.25) is 0 Å². The van der Waals surface area contributed by atoms with Gasteiger partial charge in [-0.05, 0) is 38.3 Å². The van der Waals surface area contributed by atoms with Crippen molar-refractivity contribution in [2.45, 2.75) is 39.2 Å². The molecule has 1 N–H and O–H groups in total. The summed E-state index contributed by atoms with van der Waals surface area (Å²) in [5.74, 6) is 0.116. The van der Waals surface area contributed by atoms with Crippen molar-refractivity contribution in [1.82, 2.24) is 0 Å². The molecule has 0 atom stereocenters. The number of aliphatic carboxylic acids is 1. The number of hydrogen-bond acceptors (Lipinski definition) is 2. The average Bonchev–Trinajstić information content (AvgIpc) is 2.19. The van der Waals surface area contributed by atoms with Crippen LogP contribution in [0.2, 0.25) is 0 Å². The Balaban J connectivity index is 2.60. The van der Waals surface area contributed by atoms with Crippen molar-refractivity contribution in [3.05, 3.63) is 29.8 Å². The molecule has 0 spiro atoms. The van der Waals surface area contributed by atoms with Gasteiger partial charge in [-0.25, -0.2) is 0 Å². The predicted molar refractivity (Wildman–Crippen MR) is 62.8 cm³/mol. The molecule has 0 fully saturated rings. The summed E-state index contributed by atoms with van der Waals surface area (Å²) in [6, 6.07) is 7.79. The lowest BCUT2D eigenvalue weighted by atomic mass is 10.1. The lowest BCUT2D eigenvalue weighted by Gasteiger charge is -2.13. The molecule has 0 aliphatic heterocycles. The van der Waals surface area contributed by atoms with Crippen LogP contribution < -0.4 is 4.74 Å². The Labute approximate surface area is 96.1 Å². The molecule has 0 aliphatic rings. The summed E-state index contributed by atoms with van der Waals surface area (Å²) in [6.45, 7) is 3.96. The third-order valence-corrected chi connectivity index (χ3v) is 2.17. The maximum atomic E-state index is 10.4. The van der Waals surface area contributed by atoms with E-state index >= 15 is 0 Å². The molecule has 0 amide bonds. The first kappa shape index (κ1) is 12.6. The molecular weight excluding hydrogens is 204 g/mol. The van der Waals surface area contributed by atoms with Gasteiger partial charge in [0.05, 0.1) is 6.10 Å². The van der Waals surface area contributed by atoms with Gasteiger partial charge in [-0.15, -0.1) is 0 Å². The minimum Gasteiger partial charge on any atom is -0.491 e. The molecule has 0 aromatic heterocycles. The van der Waals surface area contributed by atoms with Crippen LogP contribution in [0.25, 0.3) is 0 Å². The molecule has 3 nitrogen and oxygen atoms in total. The second-order valence-electron chi connectivity index (χ2n) is 4.02. The van der Waals surface area contributed by atoms with E-state index in [4.69, 9.17) is 9.84 Å². The molecule has 88 valence electrons. The Morgan fingerprint density at radius 3 is 2.69 bits per heavy atom. The van der Waals surface area contributed by atoms with Gasteiger partial charge >= 0.3 is 5.97 Å². The van der Waals surface area contributed by atoms with Crippen LogP contribution in [0.4, 0.5) is 0 Å². The molecule has 0 saturated carbocycles. The molecule has 0 bridgehead atoms. The van der Waals surface area contributed by atoms with Crippen molar-refractivity contribution >= 4 is 5.97 Å². The van der Waals surface area contributed by atoms with E-state index in [-0.39, 0.29) is 12.5 Å². The van der Waals surface area contributed by atoms with Crippen molar-refractivity contribution in [3.8, 4) is 5.75 Å². The lowest BCUT2D eigenvalue weighted by molar-refractivity contribution is -0.137. The molecule has 3 heteroatoms. The topological polar surface area (TPSA) is 46.5 Å². The number of para-hydroxylation sites is 1. The van der Waals surface area contributed by atoms with Gasteiger partial charge in [0, 0.05) is 6.42 Å². The SMILES string of the molecule is CC(C)Oc1ccccc1CCCC(=O)O. The lowest BCUT2D eigenvalue weighted by Crippen LogP contribution is -2.07. The summed E-state index contributed by atoms with van der Waals surface area (Å²) in [5, 5.41) is 8.57. The van der Waals surface area contributed by atoms with E-state index in [0.29, 0.717) is 6.42 Å². The molecule has 0 saturated heterocycles. The highest BCUT2D eigenvalue weighted by atomic mass is 16.5. The first-order chi connectivity index (χ1) is 7.59. The van der Waals surface area contributed by atoms with Crippen LogP contribution in [-0.4, -0.2) is 17.2 Å². The van der Waals surface area contributed by atoms with Crippen molar-refractivity contribution in [2.75, 3.05) is 0 Å². The van der Waals surface area contributed by atoms with Crippen LogP contribution in [-0.2, 0) is 11.2 Å². The number of hydrogen-bond donors (Lipinski definition) is 1. The number of benzene rings is 1. The quantitative estimate of drug-likeness (QED) is 0.805. The largest absolute Gasteiger partial charge is 0.491 e. The molecule has 16 heavy (non-hydrogen) atoms. The van der Waals surface area contributed by atoms with Crippen LogP contribution in [0.15, 0.2) is 24.3 Å². The molecule has 0 unspecified atom stereocenters. The standard InChI is InChI=1S/C13H18O3/c1-10(2)16-12-8-4-3-6-11(12)7-5-9-13(14)15/h3-4,6,8,10H,5,7,9H2,1-2H3,(H,14,15). The summed E-state index contributed by atoms with van der Waals surface area (Å²) in [4.78, 5) is 10.4. The van der Waals surface area contributed by atoms with E-state index in [9.17, 15) is 4.79 Å². The fraction of sp³-hybridized carbons (Fsp3) is 0.462. The second kappa shape index (κ2) is 6.16. The maximum absolute atomic E-state index is 10.4. The van der Waals surface area contributed by atoms with E-state index in [1.807, 2.05) is 38.1 Å². The van der Waals surface area contributed by atoms with E-state index in [2.05, 4.69) is 0 Å². The van der Waals surface area contributed by atoms with Crippen LogP contribution in [0, 0.1) is 0 Å². The molecule has 0 aliphatic carbocycles. The summed E-state index contributed by atoms with van der Waals surface area (Å²) < 4.78 is 5.66. The van der Waals surface area contributed by atoms with Crippen LogP contribution in [0.1, 0.15) is 32.3 Å². The van der Waals surface area contributed by atoms with Crippen LogP contribution in [0.3, 0.4) is 0 Å². The van der Waals surface area contributed by atoms with Crippen molar-refractivity contribution in [1.29, 1.82) is 0 Å². The van der Waals surface area contributed by atoms with Gasteiger partial charge in [0.15, 0.2) is 0 Å². The van der Waals surface area contributed by atoms with Gasteiger partial charge in [0.25, 0.3) is 0 Å². The molecule has 0 radical (unpaired) electrons. The van der Waals surface area contributed by atoms with Gasteiger partial charge in [0.1, 0.15) is 5.75 Å². The Bertz CT molecular complexity index is 345. The van der Waals surface area contributed by atoms with Crippen molar-refractivity contribution < 1.29 is 14.6 Å². The molecule has 1 aromatic rings. The Hall–Kier alpha value is -1.51. The summed E-state index contributed by atoms with van der Waals surface area (Å²) in [5.41, 5.74) is 1.08. The highest BCUT2D eigenvalue weighted by Crippen LogP contribution is 2.21. The van der Waals surface area contributed by atoms with Gasteiger partial charge < -0.3 is 9.84 Å². The summed E-state index contributed by atoms with van der Waals surface area (Å²) in [7, 11) is 0. The Morgan fingerprint density at radius 2 is 2.06 bits per heavy atom. The van der Waals surface area contributed by atoms with E-state index in [1.165, 1.54) is 0 Å². The number of aryl methyl sites for hydroxylation is 1. The molecule has 0 heterocycles. The minimum absolute atomic E-state index is 0.139. The molecule has 1 rings (SSSR count). The van der Waals surface area contributed by atoms with E-state index < -0.39 is 5.97 Å². The fourth-order valence-corrected chi connectivity index (χ4v) is 1.51. The van der Waals surface area contributed by atoms with E-state index in [1.54, 1.807) is 0 Å². The van der Waals surface area contributed by atoms with Gasteiger partial charge in [-0.3, -0.25) is 4.79 Å². The molecular formula is C13H18O3.